The second kappa shape index (κ2) is 16.0. The van der Waals surface area contributed by atoms with Gasteiger partial charge < -0.3 is 14.0 Å². The summed E-state index contributed by atoms with van der Waals surface area (Å²) in [7, 11) is 0. The summed E-state index contributed by atoms with van der Waals surface area (Å²) >= 11 is 0. The Morgan fingerprint density at radius 2 is 0.687 bits per heavy atom. The SMILES string of the molecule is c1ccc(-c2cccc3cccc(-c4ccc(N(c5ccc(-c6cccc(-n7c8ccccc8c8ccccc87)c6)cc5)c5ccc6c(c5)c5ccccc5n6-c5ccccc5)cc4)c23)cc1. The average Bonchev–Trinajstić information content (AvgIpc) is 3.92. The molecule has 0 saturated carbocycles. The second-order valence-electron chi connectivity index (χ2n) is 17.3. The van der Waals surface area contributed by atoms with Crippen molar-refractivity contribution in [3.8, 4) is 44.8 Å². The van der Waals surface area contributed by atoms with Gasteiger partial charge in [-0.1, -0.05) is 176 Å². The van der Waals surface area contributed by atoms with Crippen LogP contribution >= 0.6 is 0 Å². The Kier molecular flexibility index (Phi) is 9.17. The lowest BCUT2D eigenvalue weighted by molar-refractivity contribution is 1.18. The van der Waals surface area contributed by atoms with Gasteiger partial charge in [-0.2, -0.15) is 0 Å². The molecule has 2 heterocycles. The highest BCUT2D eigenvalue weighted by atomic mass is 15.1. The quantitative estimate of drug-likeness (QED) is 0.148. The van der Waals surface area contributed by atoms with Crippen LogP contribution in [0.5, 0.6) is 0 Å². The molecule has 0 unspecified atom stereocenters. The fourth-order valence-electron chi connectivity index (χ4n) is 10.5. The van der Waals surface area contributed by atoms with Crippen LogP contribution in [-0.4, -0.2) is 9.13 Å². The molecule has 314 valence electrons. The summed E-state index contributed by atoms with van der Waals surface area (Å²) in [6, 6.07) is 94.9. The number of hydrogen-bond donors (Lipinski definition) is 0. The number of nitrogens with zero attached hydrogens (tertiary/aromatic N) is 3. The number of hydrogen-bond acceptors (Lipinski definition) is 1. The summed E-state index contributed by atoms with van der Waals surface area (Å²) in [6.45, 7) is 0. The maximum atomic E-state index is 2.40. The van der Waals surface area contributed by atoms with Crippen LogP contribution in [0.25, 0.3) is 99.1 Å². The molecule has 0 aliphatic rings. The maximum absolute atomic E-state index is 2.40. The lowest BCUT2D eigenvalue weighted by Crippen LogP contribution is -2.10. The first-order valence-electron chi connectivity index (χ1n) is 23.0. The molecule has 0 radical (unpaired) electrons. The first kappa shape index (κ1) is 38.5. The molecule has 0 saturated heterocycles. The Morgan fingerprint density at radius 1 is 0.254 bits per heavy atom. The lowest BCUT2D eigenvalue weighted by atomic mass is 9.91. The van der Waals surface area contributed by atoms with E-state index in [1.54, 1.807) is 0 Å². The molecule has 0 fully saturated rings. The van der Waals surface area contributed by atoms with E-state index in [9.17, 15) is 0 Å². The maximum Gasteiger partial charge on any atom is 0.0542 e. The highest BCUT2D eigenvalue weighted by molar-refractivity contribution is 6.12. The standard InChI is InChI=1S/C64H43N3/c1-3-16-45(17-4-1)54-27-14-18-47-19-15-28-55(64(47)54)46-34-38-51(39-35-46)65(53-40-41-63-59(43-53)58-26-9-12-31-62(58)66(63)49-21-5-2-6-22-49)50-36-32-44(33-37-50)48-20-13-23-52(42-48)67-60-29-10-7-24-56(60)57-25-8-11-30-61(57)67/h1-43H. The molecule has 2 aromatic heterocycles. The fraction of sp³-hybridized carbons (Fsp3) is 0. The van der Waals surface area contributed by atoms with Crippen molar-refractivity contribution in [2.24, 2.45) is 0 Å². The summed E-state index contributed by atoms with van der Waals surface area (Å²) in [5.74, 6) is 0. The van der Waals surface area contributed by atoms with Crippen molar-refractivity contribution in [3.63, 3.8) is 0 Å². The predicted molar refractivity (Wildman–Crippen MR) is 284 cm³/mol. The number of anilines is 3. The monoisotopic (exact) mass is 853 g/mol. The molecule has 13 aromatic rings. The lowest BCUT2D eigenvalue weighted by Gasteiger charge is -2.26. The van der Waals surface area contributed by atoms with Crippen LogP contribution in [0.1, 0.15) is 0 Å². The number of para-hydroxylation sites is 4. The molecule has 67 heavy (non-hydrogen) atoms. The molecule has 0 spiro atoms. The Bertz CT molecular complexity index is 3900. The van der Waals surface area contributed by atoms with Crippen molar-refractivity contribution in [2.45, 2.75) is 0 Å². The highest BCUT2D eigenvalue weighted by Crippen LogP contribution is 2.43. The number of fused-ring (bicyclic) bond motifs is 7. The van der Waals surface area contributed by atoms with E-state index in [0.717, 1.165) is 34.0 Å². The predicted octanol–water partition coefficient (Wildman–Crippen LogP) is 17.5. The molecular formula is C64H43N3. The topological polar surface area (TPSA) is 13.1 Å². The van der Waals surface area contributed by atoms with Gasteiger partial charge in [-0.15, -0.1) is 0 Å². The van der Waals surface area contributed by atoms with E-state index < -0.39 is 0 Å². The van der Waals surface area contributed by atoms with Crippen LogP contribution in [0.4, 0.5) is 17.1 Å². The number of aromatic nitrogens is 2. The van der Waals surface area contributed by atoms with E-state index in [1.165, 1.54) is 82.2 Å². The summed E-state index contributed by atoms with van der Waals surface area (Å²) in [4.78, 5) is 2.40. The van der Waals surface area contributed by atoms with Gasteiger partial charge in [0.2, 0.25) is 0 Å². The molecule has 11 aromatic carbocycles. The first-order chi connectivity index (χ1) is 33.2. The smallest absolute Gasteiger partial charge is 0.0542 e. The van der Waals surface area contributed by atoms with Crippen LogP contribution in [0.3, 0.4) is 0 Å². The molecule has 0 aliphatic carbocycles. The minimum atomic E-state index is 1.08. The molecule has 0 N–H and O–H groups in total. The molecule has 0 amide bonds. The summed E-state index contributed by atoms with van der Waals surface area (Å²) < 4.78 is 4.77. The van der Waals surface area contributed by atoms with Gasteiger partial charge in [0.05, 0.1) is 22.1 Å². The van der Waals surface area contributed by atoms with Gasteiger partial charge >= 0.3 is 0 Å². The third kappa shape index (κ3) is 6.51. The van der Waals surface area contributed by atoms with Crippen LogP contribution < -0.4 is 4.90 Å². The Morgan fingerprint density at radius 3 is 1.30 bits per heavy atom. The summed E-state index contributed by atoms with van der Waals surface area (Å²) in [6.07, 6.45) is 0. The molecule has 0 bridgehead atoms. The van der Waals surface area contributed by atoms with Crippen LogP contribution in [0, 0.1) is 0 Å². The van der Waals surface area contributed by atoms with Crippen LogP contribution in [0.2, 0.25) is 0 Å². The largest absolute Gasteiger partial charge is 0.310 e. The van der Waals surface area contributed by atoms with E-state index in [4.69, 9.17) is 0 Å². The molecule has 0 atom stereocenters. The average molecular weight is 854 g/mol. The van der Waals surface area contributed by atoms with E-state index in [2.05, 4.69) is 275 Å². The minimum absolute atomic E-state index is 1.08. The molecule has 3 nitrogen and oxygen atoms in total. The zero-order valence-corrected chi connectivity index (χ0v) is 36.7. The molecule has 3 heteroatoms. The molecule has 0 aliphatic heterocycles. The van der Waals surface area contributed by atoms with Crippen molar-refractivity contribution < 1.29 is 0 Å². The van der Waals surface area contributed by atoms with Crippen LogP contribution in [-0.2, 0) is 0 Å². The van der Waals surface area contributed by atoms with Gasteiger partial charge in [0, 0.05) is 50.0 Å². The van der Waals surface area contributed by atoms with Gasteiger partial charge in [0.1, 0.15) is 0 Å². The Labute approximate surface area is 389 Å². The van der Waals surface area contributed by atoms with Crippen molar-refractivity contribution in [1.29, 1.82) is 0 Å². The zero-order valence-electron chi connectivity index (χ0n) is 36.7. The van der Waals surface area contributed by atoms with Gasteiger partial charge in [0.15, 0.2) is 0 Å². The molecule has 13 rings (SSSR count). The Balaban J connectivity index is 0.938. The first-order valence-corrected chi connectivity index (χ1v) is 23.0. The van der Waals surface area contributed by atoms with Crippen molar-refractivity contribution in [1.82, 2.24) is 9.13 Å². The van der Waals surface area contributed by atoms with Gasteiger partial charge in [-0.25, -0.2) is 0 Å². The van der Waals surface area contributed by atoms with Crippen LogP contribution in [0.15, 0.2) is 261 Å². The summed E-state index contributed by atoms with van der Waals surface area (Å²) in [5, 5.41) is 7.45. The minimum Gasteiger partial charge on any atom is -0.310 e. The number of benzene rings is 11. The third-order valence-corrected chi connectivity index (χ3v) is 13.5. The summed E-state index contributed by atoms with van der Waals surface area (Å²) in [5.41, 5.74) is 17.5. The highest BCUT2D eigenvalue weighted by Gasteiger charge is 2.19. The van der Waals surface area contributed by atoms with Crippen molar-refractivity contribution in [3.05, 3.63) is 261 Å². The zero-order chi connectivity index (χ0) is 44.3. The van der Waals surface area contributed by atoms with Crippen molar-refractivity contribution in [2.75, 3.05) is 4.90 Å². The third-order valence-electron chi connectivity index (χ3n) is 13.5. The number of rotatable bonds is 8. The van der Waals surface area contributed by atoms with Gasteiger partial charge in [-0.3, -0.25) is 0 Å². The normalized spacial score (nSPS) is 11.6. The second-order valence-corrected chi connectivity index (χ2v) is 17.3. The Hall–Kier alpha value is -8.92. The van der Waals surface area contributed by atoms with Gasteiger partial charge in [-0.05, 0) is 129 Å². The molecular weight excluding hydrogens is 811 g/mol. The van der Waals surface area contributed by atoms with E-state index in [-0.39, 0.29) is 0 Å². The van der Waals surface area contributed by atoms with Gasteiger partial charge in [0.25, 0.3) is 0 Å². The fourth-order valence-corrected chi connectivity index (χ4v) is 10.5. The van der Waals surface area contributed by atoms with E-state index >= 15 is 0 Å². The van der Waals surface area contributed by atoms with Crippen molar-refractivity contribution >= 4 is 71.4 Å². The van der Waals surface area contributed by atoms with E-state index in [0.29, 0.717) is 0 Å². The van der Waals surface area contributed by atoms with E-state index in [1.807, 2.05) is 0 Å².